The fourth-order valence-corrected chi connectivity index (χ4v) is 3.26. The molecule has 124 valence electrons. The number of carbonyl (C=O) groups excluding carboxylic acids is 2. The Bertz CT molecular complexity index is 627. The molecule has 1 atom stereocenters. The maximum atomic E-state index is 12.8. The number of likely N-dealkylation sites (N-methyl/N-ethyl adjacent to an activating group) is 1. The molecule has 1 aromatic rings. The molecule has 1 N–H and O–H groups in total. The Balaban J connectivity index is 0.00000288. The molecule has 24 heavy (non-hydrogen) atoms. The minimum Gasteiger partial charge on any atom is -0.511 e. The summed E-state index contributed by atoms with van der Waals surface area (Å²) in [5.41, 5.74) is 0.0870. The van der Waals surface area contributed by atoms with Gasteiger partial charge in [-0.3, -0.25) is 4.79 Å². The zero-order valence-corrected chi connectivity index (χ0v) is 16.8. The van der Waals surface area contributed by atoms with Gasteiger partial charge in [0.15, 0.2) is 0 Å². The van der Waals surface area contributed by atoms with Gasteiger partial charge in [-0.2, -0.15) is 0 Å². The summed E-state index contributed by atoms with van der Waals surface area (Å²) in [5, 5.41) is 10.9. The Hall–Kier alpha value is -1.14. The molecule has 0 saturated carbocycles. The van der Waals surface area contributed by atoms with E-state index in [1.807, 2.05) is 25.1 Å². The van der Waals surface area contributed by atoms with Crippen LogP contribution in [0, 0.1) is 0 Å². The summed E-state index contributed by atoms with van der Waals surface area (Å²) in [6.45, 7) is 0.550. The molecule has 0 aliphatic heterocycles. The number of aliphatic hydroxyl groups excluding tert-OH is 1. The van der Waals surface area contributed by atoms with Crippen LogP contribution in [-0.4, -0.2) is 49.5 Å². The molecule has 0 amide bonds. The number of methoxy groups -OCH3 is 1. The van der Waals surface area contributed by atoms with E-state index in [9.17, 15) is 14.7 Å². The number of hydrogen-bond acceptors (Lipinski definition) is 5. The van der Waals surface area contributed by atoms with Crippen molar-refractivity contribution in [1.82, 2.24) is 4.90 Å². The van der Waals surface area contributed by atoms with Crippen molar-refractivity contribution in [2.24, 2.45) is 0 Å². The van der Waals surface area contributed by atoms with Crippen molar-refractivity contribution in [3.8, 4) is 0 Å². The number of nitrogens with zero attached hydrogens (tertiary/aromatic N) is 1. The van der Waals surface area contributed by atoms with Crippen LogP contribution in [0.15, 0.2) is 41.7 Å². The molecular formula is C18H23NNaO4+. The van der Waals surface area contributed by atoms with Gasteiger partial charge < -0.3 is 14.7 Å². The van der Waals surface area contributed by atoms with E-state index in [0.29, 0.717) is 24.9 Å². The first-order chi connectivity index (χ1) is 10.9. The van der Waals surface area contributed by atoms with E-state index in [4.69, 9.17) is 0 Å². The third-order valence-corrected chi connectivity index (χ3v) is 4.30. The SMILES string of the molecule is COC(=O)C(=O)C1(c2ccccc2)CCCC(CN(C)C)=C1O.[Na+]. The fraction of sp³-hybridized carbons (Fsp3) is 0.444. The average molecular weight is 340 g/mol. The Labute approximate surface area is 165 Å². The molecule has 0 fully saturated rings. The van der Waals surface area contributed by atoms with Crippen LogP contribution in [0.4, 0.5) is 0 Å². The summed E-state index contributed by atoms with van der Waals surface area (Å²) in [6, 6.07) is 8.99. The van der Waals surface area contributed by atoms with Crippen molar-refractivity contribution >= 4 is 11.8 Å². The normalized spacial score (nSPS) is 20.5. The van der Waals surface area contributed by atoms with Crippen molar-refractivity contribution in [2.75, 3.05) is 27.7 Å². The maximum absolute atomic E-state index is 12.8. The van der Waals surface area contributed by atoms with Crippen molar-refractivity contribution in [3.63, 3.8) is 0 Å². The van der Waals surface area contributed by atoms with Gasteiger partial charge in [0.05, 0.1) is 7.11 Å². The van der Waals surface area contributed by atoms with Crippen LogP contribution in [-0.2, 0) is 19.7 Å². The molecular weight excluding hydrogens is 317 g/mol. The minimum atomic E-state index is -1.34. The summed E-state index contributed by atoms with van der Waals surface area (Å²) in [6.07, 6.45) is 1.84. The molecule has 1 aliphatic rings. The number of aliphatic hydroxyl groups is 1. The third-order valence-electron chi connectivity index (χ3n) is 4.30. The smallest absolute Gasteiger partial charge is 0.511 e. The number of rotatable bonds is 5. The van der Waals surface area contributed by atoms with Gasteiger partial charge in [-0.05, 0) is 44.5 Å². The fourth-order valence-electron chi connectivity index (χ4n) is 3.26. The Morgan fingerprint density at radius 2 is 1.88 bits per heavy atom. The second-order valence-corrected chi connectivity index (χ2v) is 6.14. The Kier molecular flexibility index (Phi) is 7.67. The molecule has 1 aliphatic carbocycles. The number of Topliss-reactive ketones (excluding diaryl/α,β-unsaturated/α-hetero) is 1. The van der Waals surface area contributed by atoms with E-state index in [-0.39, 0.29) is 35.3 Å². The van der Waals surface area contributed by atoms with Crippen LogP contribution in [0.1, 0.15) is 24.8 Å². The van der Waals surface area contributed by atoms with Crippen LogP contribution in [0.2, 0.25) is 0 Å². The molecule has 0 bridgehead atoms. The summed E-state index contributed by atoms with van der Waals surface area (Å²) >= 11 is 0. The topological polar surface area (TPSA) is 66.8 Å². The molecule has 0 radical (unpaired) electrons. The molecule has 1 aromatic carbocycles. The number of esters is 1. The van der Waals surface area contributed by atoms with Crippen molar-refractivity contribution < 1.29 is 49.0 Å². The molecule has 0 spiro atoms. The van der Waals surface area contributed by atoms with Crippen molar-refractivity contribution in [3.05, 3.63) is 47.2 Å². The molecule has 0 saturated heterocycles. The second-order valence-electron chi connectivity index (χ2n) is 6.14. The van der Waals surface area contributed by atoms with Crippen LogP contribution >= 0.6 is 0 Å². The quantitative estimate of drug-likeness (QED) is 0.433. The van der Waals surface area contributed by atoms with Gasteiger partial charge in [-0.15, -0.1) is 0 Å². The van der Waals surface area contributed by atoms with Crippen LogP contribution in [0.25, 0.3) is 0 Å². The monoisotopic (exact) mass is 340 g/mol. The molecule has 0 aromatic heterocycles. The Morgan fingerprint density at radius 1 is 1.25 bits per heavy atom. The molecule has 5 nitrogen and oxygen atoms in total. The predicted molar refractivity (Wildman–Crippen MR) is 87.2 cm³/mol. The van der Waals surface area contributed by atoms with Gasteiger partial charge >= 0.3 is 35.5 Å². The molecule has 1 unspecified atom stereocenters. The number of hydrogen-bond donors (Lipinski definition) is 1. The van der Waals surface area contributed by atoms with E-state index in [0.717, 1.165) is 12.0 Å². The zero-order valence-electron chi connectivity index (χ0n) is 14.8. The second kappa shape index (κ2) is 8.81. The van der Waals surface area contributed by atoms with Gasteiger partial charge in [0.25, 0.3) is 5.78 Å². The number of carbonyl (C=O) groups is 2. The van der Waals surface area contributed by atoms with Gasteiger partial charge in [-0.25, -0.2) is 4.79 Å². The zero-order chi connectivity index (χ0) is 17.0. The first-order valence-electron chi connectivity index (χ1n) is 7.68. The summed E-state index contributed by atoms with van der Waals surface area (Å²) in [4.78, 5) is 26.7. The van der Waals surface area contributed by atoms with Crippen LogP contribution in [0.5, 0.6) is 0 Å². The van der Waals surface area contributed by atoms with E-state index in [2.05, 4.69) is 4.74 Å². The largest absolute Gasteiger partial charge is 1.00 e. The molecule has 6 heteroatoms. The number of allylic oxidation sites excluding steroid dienone is 1. The predicted octanol–water partition coefficient (Wildman–Crippen LogP) is -0.772. The molecule has 0 heterocycles. The van der Waals surface area contributed by atoms with Crippen molar-refractivity contribution in [1.29, 1.82) is 0 Å². The van der Waals surface area contributed by atoms with E-state index >= 15 is 0 Å². The summed E-state index contributed by atoms with van der Waals surface area (Å²) < 4.78 is 4.64. The van der Waals surface area contributed by atoms with E-state index in [1.54, 1.807) is 24.3 Å². The molecule has 2 rings (SSSR count). The van der Waals surface area contributed by atoms with E-state index in [1.165, 1.54) is 7.11 Å². The van der Waals surface area contributed by atoms with Crippen molar-refractivity contribution in [2.45, 2.75) is 24.7 Å². The first kappa shape index (κ1) is 20.9. The number of benzene rings is 1. The number of ketones is 1. The standard InChI is InChI=1S/C18H23NO4.Na/c1-19(2)12-13-8-7-11-18(15(13)20,16(21)17(22)23-3)14-9-5-4-6-10-14;/h4-6,9-10,20H,7-8,11-12H2,1-3H3;/q;+1. The van der Waals surface area contributed by atoms with Crippen LogP contribution in [0.3, 0.4) is 0 Å². The van der Waals surface area contributed by atoms with Crippen LogP contribution < -0.4 is 29.6 Å². The van der Waals surface area contributed by atoms with Gasteiger partial charge in [-0.1, -0.05) is 30.3 Å². The minimum absolute atomic E-state index is 0. The first-order valence-corrected chi connectivity index (χ1v) is 7.68. The summed E-state index contributed by atoms with van der Waals surface area (Å²) in [5.74, 6) is -1.63. The maximum Gasteiger partial charge on any atom is 1.00 e. The van der Waals surface area contributed by atoms with Gasteiger partial charge in [0.2, 0.25) is 0 Å². The van der Waals surface area contributed by atoms with Gasteiger partial charge in [0, 0.05) is 6.54 Å². The average Bonchev–Trinajstić information content (AvgIpc) is 2.56. The Morgan fingerprint density at radius 3 is 2.42 bits per heavy atom. The van der Waals surface area contributed by atoms with E-state index < -0.39 is 17.2 Å². The third kappa shape index (κ3) is 3.91. The summed E-state index contributed by atoms with van der Waals surface area (Å²) in [7, 11) is 4.99. The number of ether oxygens (including phenoxy) is 1. The van der Waals surface area contributed by atoms with Gasteiger partial charge in [0.1, 0.15) is 11.2 Å².